The highest BCUT2D eigenvalue weighted by atomic mass is 15.3. The van der Waals surface area contributed by atoms with Crippen LogP contribution in [0.3, 0.4) is 0 Å². The lowest BCUT2D eigenvalue weighted by Gasteiger charge is -2.14. The number of nitrogens with zero attached hydrogens (tertiary/aromatic N) is 2. The first-order valence-corrected chi connectivity index (χ1v) is 6.98. The molecule has 3 heteroatoms. The van der Waals surface area contributed by atoms with Gasteiger partial charge in [0.15, 0.2) is 0 Å². The molecule has 0 spiro atoms. The van der Waals surface area contributed by atoms with Crippen LogP contribution in [0, 0.1) is 12.8 Å². The van der Waals surface area contributed by atoms with E-state index >= 15 is 0 Å². The fourth-order valence-corrected chi connectivity index (χ4v) is 2.43. The molecule has 0 saturated heterocycles. The number of nitrogens with two attached hydrogens (primary N) is 1. The zero-order valence-corrected chi connectivity index (χ0v) is 11.8. The van der Waals surface area contributed by atoms with Gasteiger partial charge in [-0.15, -0.1) is 0 Å². The van der Waals surface area contributed by atoms with Crippen molar-refractivity contribution in [1.82, 2.24) is 9.78 Å². The van der Waals surface area contributed by atoms with Crippen molar-refractivity contribution in [2.24, 2.45) is 11.7 Å². The molecule has 1 heterocycles. The standard InChI is InChI=1S/C16H23N3/c1-3-19-12-16(11-18-19)9-15(10-17)8-14-6-4-5-13(2)7-14/h4-7,11-12,15H,3,8-10,17H2,1-2H3. The van der Waals surface area contributed by atoms with Crippen LogP contribution in [0.4, 0.5) is 0 Å². The van der Waals surface area contributed by atoms with Crippen molar-refractivity contribution in [3.63, 3.8) is 0 Å². The van der Waals surface area contributed by atoms with E-state index < -0.39 is 0 Å². The van der Waals surface area contributed by atoms with Crippen molar-refractivity contribution >= 4 is 0 Å². The Hall–Kier alpha value is -1.61. The molecule has 1 unspecified atom stereocenters. The van der Waals surface area contributed by atoms with Crippen molar-refractivity contribution in [3.05, 3.63) is 53.3 Å². The Bertz CT molecular complexity index is 516. The average Bonchev–Trinajstić information content (AvgIpc) is 2.85. The smallest absolute Gasteiger partial charge is 0.0521 e. The molecular formula is C16H23N3. The third-order valence-corrected chi connectivity index (χ3v) is 3.48. The third-order valence-electron chi connectivity index (χ3n) is 3.48. The highest BCUT2D eigenvalue weighted by Gasteiger charge is 2.10. The van der Waals surface area contributed by atoms with Gasteiger partial charge in [-0.3, -0.25) is 4.68 Å². The normalized spacial score (nSPS) is 12.6. The molecule has 0 aliphatic rings. The van der Waals surface area contributed by atoms with Crippen LogP contribution >= 0.6 is 0 Å². The molecule has 0 bridgehead atoms. The van der Waals surface area contributed by atoms with E-state index in [1.807, 2.05) is 10.9 Å². The zero-order chi connectivity index (χ0) is 13.7. The van der Waals surface area contributed by atoms with Crippen LogP contribution in [-0.2, 0) is 19.4 Å². The minimum atomic E-state index is 0.483. The number of aryl methyl sites for hydroxylation is 2. The number of hydrogen-bond acceptors (Lipinski definition) is 2. The molecule has 0 fully saturated rings. The second-order valence-electron chi connectivity index (χ2n) is 5.20. The molecule has 2 N–H and O–H groups in total. The van der Waals surface area contributed by atoms with Gasteiger partial charge in [-0.25, -0.2) is 0 Å². The summed E-state index contributed by atoms with van der Waals surface area (Å²) < 4.78 is 1.97. The third kappa shape index (κ3) is 3.93. The minimum Gasteiger partial charge on any atom is -0.330 e. The van der Waals surface area contributed by atoms with E-state index in [0.717, 1.165) is 19.4 Å². The second kappa shape index (κ2) is 6.53. The minimum absolute atomic E-state index is 0.483. The van der Waals surface area contributed by atoms with E-state index in [9.17, 15) is 0 Å². The Balaban J connectivity index is 2.00. The van der Waals surface area contributed by atoms with Gasteiger partial charge in [0.2, 0.25) is 0 Å². The van der Waals surface area contributed by atoms with Gasteiger partial charge in [0.1, 0.15) is 0 Å². The van der Waals surface area contributed by atoms with E-state index in [1.54, 1.807) is 0 Å². The number of aromatic nitrogens is 2. The fraction of sp³-hybridized carbons (Fsp3) is 0.438. The molecule has 0 saturated carbocycles. The summed E-state index contributed by atoms with van der Waals surface area (Å²) in [7, 11) is 0. The molecule has 2 aromatic rings. The molecule has 19 heavy (non-hydrogen) atoms. The molecule has 0 aliphatic carbocycles. The van der Waals surface area contributed by atoms with Gasteiger partial charge < -0.3 is 5.73 Å². The van der Waals surface area contributed by atoms with Gasteiger partial charge in [-0.1, -0.05) is 29.8 Å². The molecule has 2 rings (SSSR count). The van der Waals surface area contributed by atoms with Crippen molar-refractivity contribution in [1.29, 1.82) is 0 Å². The Kier molecular flexibility index (Phi) is 4.74. The highest BCUT2D eigenvalue weighted by molar-refractivity contribution is 5.23. The maximum absolute atomic E-state index is 5.92. The summed E-state index contributed by atoms with van der Waals surface area (Å²) >= 11 is 0. The van der Waals surface area contributed by atoms with Crippen LogP contribution in [-0.4, -0.2) is 16.3 Å². The average molecular weight is 257 g/mol. The van der Waals surface area contributed by atoms with Crippen molar-refractivity contribution in [2.45, 2.75) is 33.2 Å². The van der Waals surface area contributed by atoms with E-state index in [1.165, 1.54) is 16.7 Å². The van der Waals surface area contributed by atoms with Crippen LogP contribution in [0.25, 0.3) is 0 Å². The summed E-state index contributed by atoms with van der Waals surface area (Å²) in [5.41, 5.74) is 9.89. The van der Waals surface area contributed by atoms with Crippen LogP contribution in [0.15, 0.2) is 36.7 Å². The monoisotopic (exact) mass is 257 g/mol. The van der Waals surface area contributed by atoms with E-state index in [0.29, 0.717) is 12.5 Å². The lowest BCUT2D eigenvalue weighted by Crippen LogP contribution is -2.19. The summed E-state index contributed by atoms with van der Waals surface area (Å²) in [5.74, 6) is 0.483. The van der Waals surface area contributed by atoms with Gasteiger partial charge in [-0.2, -0.15) is 5.10 Å². The molecule has 1 aromatic heterocycles. The molecular weight excluding hydrogens is 234 g/mol. The zero-order valence-electron chi connectivity index (χ0n) is 11.8. The van der Waals surface area contributed by atoms with Gasteiger partial charge in [-0.05, 0) is 50.3 Å². The SMILES string of the molecule is CCn1cc(CC(CN)Cc2cccc(C)c2)cn1. The fourth-order valence-electron chi connectivity index (χ4n) is 2.43. The van der Waals surface area contributed by atoms with Crippen molar-refractivity contribution < 1.29 is 0 Å². The first-order chi connectivity index (χ1) is 9.21. The van der Waals surface area contributed by atoms with Gasteiger partial charge in [0.05, 0.1) is 6.20 Å². The second-order valence-corrected chi connectivity index (χ2v) is 5.20. The van der Waals surface area contributed by atoms with Crippen molar-refractivity contribution in [2.75, 3.05) is 6.54 Å². The maximum atomic E-state index is 5.92. The van der Waals surface area contributed by atoms with Gasteiger partial charge in [0, 0.05) is 12.7 Å². The van der Waals surface area contributed by atoms with Crippen LogP contribution in [0.1, 0.15) is 23.6 Å². The summed E-state index contributed by atoms with van der Waals surface area (Å²) in [5, 5.41) is 4.32. The number of benzene rings is 1. The summed E-state index contributed by atoms with van der Waals surface area (Å²) in [6, 6.07) is 8.68. The van der Waals surface area contributed by atoms with E-state index in [4.69, 9.17) is 5.73 Å². The van der Waals surface area contributed by atoms with Gasteiger partial charge >= 0.3 is 0 Å². The van der Waals surface area contributed by atoms with Crippen LogP contribution < -0.4 is 5.73 Å². The maximum Gasteiger partial charge on any atom is 0.0521 e. The van der Waals surface area contributed by atoms with Crippen molar-refractivity contribution in [3.8, 4) is 0 Å². The molecule has 0 radical (unpaired) electrons. The molecule has 102 valence electrons. The van der Waals surface area contributed by atoms with Crippen LogP contribution in [0.2, 0.25) is 0 Å². The van der Waals surface area contributed by atoms with E-state index in [2.05, 4.69) is 49.4 Å². The van der Waals surface area contributed by atoms with E-state index in [-0.39, 0.29) is 0 Å². The molecule has 0 aliphatic heterocycles. The summed E-state index contributed by atoms with van der Waals surface area (Å²) in [4.78, 5) is 0. The summed E-state index contributed by atoms with van der Waals surface area (Å²) in [6.45, 7) is 5.87. The first-order valence-electron chi connectivity index (χ1n) is 6.98. The quantitative estimate of drug-likeness (QED) is 0.864. The predicted molar refractivity (Wildman–Crippen MR) is 79.0 cm³/mol. The Morgan fingerprint density at radius 1 is 1.26 bits per heavy atom. The largest absolute Gasteiger partial charge is 0.330 e. The lowest BCUT2D eigenvalue weighted by molar-refractivity contribution is 0.532. The summed E-state index contributed by atoms with van der Waals surface area (Å²) in [6.07, 6.45) is 6.13. The Morgan fingerprint density at radius 2 is 2.05 bits per heavy atom. The topological polar surface area (TPSA) is 43.8 Å². The Morgan fingerprint density at radius 3 is 2.68 bits per heavy atom. The Labute approximate surface area is 115 Å². The highest BCUT2D eigenvalue weighted by Crippen LogP contribution is 2.14. The number of hydrogen-bond donors (Lipinski definition) is 1. The molecule has 1 aromatic carbocycles. The first kappa shape index (κ1) is 13.8. The molecule has 1 atom stereocenters. The number of rotatable bonds is 6. The molecule has 0 amide bonds. The predicted octanol–water partition coefficient (Wildman–Crippen LogP) is 2.57. The molecule has 3 nitrogen and oxygen atoms in total. The van der Waals surface area contributed by atoms with Crippen LogP contribution in [0.5, 0.6) is 0 Å². The van der Waals surface area contributed by atoms with Gasteiger partial charge in [0.25, 0.3) is 0 Å². The lowest BCUT2D eigenvalue weighted by atomic mass is 9.93.